The summed E-state index contributed by atoms with van der Waals surface area (Å²) in [6.45, 7) is 7.63. The van der Waals surface area contributed by atoms with E-state index < -0.39 is 0 Å². The van der Waals surface area contributed by atoms with Gasteiger partial charge in [-0.25, -0.2) is 0 Å². The zero-order valence-corrected chi connectivity index (χ0v) is 15.6. The molecule has 1 fully saturated rings. The van der Waals surface area contributed by atoms with Crippen LogP contribution in [0.2, 0.25) is 0 Å². The molecule has 0 amide bonds. The van der Waals surface area contributed by atoms with Gasteiger partial charge in [-0.05, 0) is 54.5 Å². The fourth-order valence-corrected chi connectivity index (χ4v) is 2.97. The first-order chi connectivity index (χ1) is 11.7. The molecule has 126 valence electrons. The number of hydrogen-bond acceptors (Lipinski definition) is 3. The first kappa shape index (κ1) is 17.2. The summed E-state index contributed by atoms with van der Waals surface area (Å²) in [6.07, 6.45) is 2.32. The monoisotopic (exact) mass is 386 g/mol. The van der Waals surface area contributed by atoms with Crippen molar-refractivity contribution < 1.29 is 4.74 Å². The molecule has 0 spiro atoms. The SMILES string of the molecule is CC(=CCN1CCNCC1)c1ccc(Oc2ccc(Br)cc2)cc1. The molecule has 3 rings (SSSR count). The van der Waals surface area contributed by atoms with Crippen molar-refractivity contribution in [2.24, 2.45) is 0 Å². The maximum atomic E-state index is 5.87. The highest BCUT2D eigenvalue weighted by atomic mass is 79.9. The Morgan fingerprint density at radius 3 is 2.25 bits per heavy atom. The third-order valence-electron chi connectivity index (χ3n) is 4.22. The van der Waals surface area contributed by atoms with E-state index in [1.165, 1.54) is 11.1 Å². The fraction of sp³-hybridized carbons (Fsp3) is 0.300. The molecule has 0 saturated carbocycles. The molecule has 2 aromatic rings. The fourth-order valence-electron chi connectivity index (χ4n) is 2.70. The maximum absolute atomic E-state index is 5.87. The van der Waals surface area contributed by atoms with Crippen LogP contribution in [0.3, 0.4) is 0 Å². The summed E-state index contributed by atoms with van der Waals surface area (Å²) < 4.78 is 6.92. The van der Waals surface area contributed by atoms with Crippen LogP contribution >= 0.6 is 15.9 Å². The minimum absolute atomic E-state index is 0.844. The van der Waals surface area contributed by atoms with Crippen LogP contribution < -0.4 is 10.1 Å². The molecule has 2 aromatic carbocycles. The highest BCUT2D eigenvalue weighted by Gasteiger charge is 2.07. The van der Waals surface area contributed by atoms with E-state index in [9.17, 15) is 0 Å². The van der Waals surface area contributed by atoms with Crippen molar-refractivity contribution in [3.8, 4) is 11.5 Å². The van der Waals surface area contributed by atoms with Gasteiger partial charge in [0.15, 0.2) is 0 Å². The zero-order chi connectivity index (χ0) is 16.8. The van der Waals surface area contributed by atoms with Gasteiger partial charge in [-0.2, -0.15) is 0 Å². The number of rotatable bonds is 5. The van der Waals surface area contributed by atoms with Crippen molar-refractivity contribution in [2.75, 3.05) is 32.7 Å². The lowest BCUT2D eigenvalue weighted by atomic mass is 10.1. The number of allylic oxidation sites excluding steroid dienone is 1. The highest BCUT2D eigenvalue weighted by molar-refractivity contribution is 9.10. The number of piperazine rings is 1. The van der Waals surface area contributed by atoms with Crippen molar-refractivity contribution in [1.82, 2.24) is 10.2 Å². The minimum atomic E-state index is 0.844. The summed E-state index contributed by atoms with van der Waals surface area (Å²) in [5.74, 6) is 1.70. The first-order valence-corrected chi connectivity index (χ1v) is 9.14. The van der Waals surface area contributed by atoms with Crippen LogP contribution in [-0.4, -0.2) is 37.6 Å². The van der Waals surface area contributed by atoms with Crippen LogP contribution in [0, 0.1) is 0 Å². The van der Waals surface area contributed by atoms with Gasteiger partial charge in [0, 0.05) is 37.2 Å². The lowest BCUT2D eigenvalue weighted by molar-refractivity contribution is 0.265. The number of halogens is 1. The predicted molar refractivity (Wildman–Crippen MR) is 104 cm³/mol. The molecule has 1 aliphatic rings. The zero-order valence-electron chi connectivity index (χ0n) is 14.0. The van der Waals surface area contributed by atoms with E-state index in [0.717, 1.165) is 48.7 Å². The van der Waals surface area contributed by atoms with Crippen LogP contribution in [-0.2, 0) is 0 Å². The molecule has 0 atom stereocenters. The average Bonchev–Trinajstić information content (AvgIpc) is 2.63. The van der Waals surface area contributed by atoms with Gasteiger partial charge in [-0.15, -0.1) is 0 Å². The Kier molecular flexibility index (Phi) is 6.07. The van der Waals surface area contributed by atoms with Gasteiger partial charge in [0.1, 0.15) is 11.5 Å². The quantitative estimate of drug-likeness (QED) is 0.815. The number of ether oxygens (including phenoxy) is 1. The summed E-state index contributed by atoms with van der Waals surface area (Å²) in [7, 11) is 0. The molecule has 1 saturated heterocycles. The molecule has 1 aliphatic heterocycles. The Labute approximate surface area is 152 Å². The molecular formula is C20H23BrN2O. The molecule has 1 heterocycles. The van der Waals surface area contributed by atoms with Gasteiger partial charge in [-0.1, -0.05) is 34.1 Å². The highest BCUT2D eigenvalue weighted by Crippen LogP contribution is 2.25. The summed E-state index contributed by atoms with van der Waals surface area (Å²) in [4.78, 5) is 2.48. The number of benzene rings is 2. The van der Waals surface area contributed by atoms with Crippen LogP contribution in [0.4, 0.5) is 0 Å². The van der Waals surface area contributed by atoms with E-state index in [0.29, 0.717) is 0 Å². The molecule has 0 radical (unpaired) electrons. The topological polar surface area (TPSA) is 24.5 Å². The predicted octanol–water partition coefficient (Wildman–Crippen LogP) is 4.55. The van der Waals surface area contributed by atoms with Gasteiger partial charge in [0.05, 0.1) is 0 Å². The second kappa shape index (κ2) is 8.47. The van der Waals surface area contributed by atoms with Crippen molar-refractivity contribution >= 4 is 21.5 Å². The molecule has 4 heteroatoms. The van der Waals surface area contributed by atoms with Crippen molar-refractivity contribution in [3.63, 3.8) is 0 Å². The van der Waals surface area contributed by atoms with Crippen LogP contribution in [0.25, 0.3) is 5.57 Å². The van der Waals surface area contributed by atoms with Gasteiger partial charge in [-0.3, -0.25) is 4.90 Å². The van der Waals surface area contributed by atoms with Gasteiger partial charge >= 0.3 is 0 Å². The Morgan fingerprint density at radius 1 is 1.04 bits per heavy atom. The van der Waals surface area contributed by atoms with Crippen molar-refractivity contribution in [2.45, 2.75) is 6.92 Å². The van der Waals surface area contributed by atoms with Crippen molar-refractivity contribution in [1.29, 1.82) is 0 Å². The molecule has 0 aromatic heterocycles. The molecule has 3 nitrogen and oxygen atoms in total. The van der Waals surface area contributed by atoms with E-state index in [-0.39, 0.29) is 0 Å². The standard InChI is InChI=1S/C20H23BrN2O/c1-16(10-13-23-14-11-22-12-15-23)17-2-6-19(7-3-17)24-20-8-4-18(21)5-9-20/h2-10,22H,11-15H2,1H3. The minimum Gasteiger partial charge on any atom is -0.457 e. The van der Waals surface area contributed by atoms with Crippen LogP contribution in [0.1, 0.15) is 12.5 Å². The molecule has 0 aliphatic carbocycles. The third-order valence-corrected chi connectivity index (χ3v) is 4.75. The Bertz CT molecular complexity index is 674. The summed E-state index contributed by atoms with van der Waals surface area (Å²) in [5.41, 5.74) is 2.55. The Morgan fingerprint density at radius 2 is 1.62 bits per heavy atom. The summed E-state index contributed by atoms with van der Waals surface area (Å²) in [6, 6.07) is 16.2. The van der Waals surface area contributed by atoms with Crippen LogP contribution in [0.15, 0.2) is 59.1 Å². The normalized spacial score (nSPS) is 16.2. The molecule has 24 heavy (non-hydrogen) atoms. The van der Waals surface area contributed by atoms with E-state index in [2.05, 4.69) is 51.3 Å². The lowest BCUT2D eigenvalue weighted by Crippen LogP contribution is -2.43. The maximum Gasteiger partial charge on any atom is 0.127 e. The second-order valence-corrected chi connectivity index (χ2v) is 6.93. The summed E-state index contributed by atoms with van der Waals surface area (Å²) in [5, 5.41) is 3.38. The Hall–Kier alpha value is -1.62. The third kappa shape index (κ3) is 4.94. The van der Waals surface area contributed by atoms with Gasteiger partial charge in [0.2, 0.25) is 0 Å². The number of nitrogens with one attached hydrogen (secondary N) is 1. The molecule has 0 unspecified atom stereocenters. The van der Waals surface area contributed by atoms with E-state index in [1.807, 2.05) is 36.4 Å². The lowest BCUT2D eigenvalue weighted by Gasteiger charge is -2.26. The molecular weight excluding hydrogens is 364 g/mol. The average molecular weight is 387 g/mol. The second-order valence-electron chi connectivity index (χ2n) is 6.02. The van der Waals surface area contributed by atoms with Gasteiger partial charge < -0.3 is 10.1 Å². The first-order valence-electron chi connectivity index (χ1n) is 8.34. The molecule has 0 bridgehead atoms. The van der Waals surface area contributed by atoms with E-state index in [1.54, 1.807) is 0 Å². The smallest absolute Gasteiger partial charge is 0.127 e. The van der Waals surface area contributed by atoms with Crippen molar-refractivity contribution in [3.05, 3.63) is 64.6 Å². The summed E-state index contributed by atoms with van der Waals surface area (Å²) >= 11 is 3.43. The van der Waals surface area contributed by atoms with E-state index >= 15 is 0 Å². The van der Waals surface area contributed by atoms with E-state index in [4.69, 9.17) is 4.74 Å². The largest absolute Gasteiger partial charge is 0.457 e. The van der Waals surface area contributed by atoms with Crippen LogP contribution in [0.5, 0.6) is 11.5 Å². The number of nitrogens with zero attached hydrogens (tertiary/aromatic N) is 1. The number of hydrogen-bond donors (Lipinski definition) is 1. The Balaban J connectivity index is 1.59. The molecule has 1 N–H and O–H groups in total. The van der Waals surface area contributed by atoms with Gasteiger partial charge in [0.25, 0.3) is 0 Å².